The van der Waals surface area contributed by atoms with E-state index >= 15 is 0 Å². The van der Waals surface area contributed by atoms with Crippen molar-refractivity contribution < 1.29 is 19.7 Å². The average molecular weight is 567 g/mol. The van der Waals surface area contributed by atoms with Gasteiger partial charge < -0.3 is 14.9 Å². The molecule has 230 valence electrons. The van der Waals surface area contributed by atoms with Gasteiger partial charge in [0.1, 0.15) is 11.5 Å². The highest BCUT2D eigenvalue weighted by atomic mass is 16.5. The van der Waals surface area contributed by atoms with Gasteiger partial charge in [-0.1, -0.05) is 147 Å². The number of unbranched alkanes of at least 4 members (excludes halogenated alkanes) is 17. The molecule has 41 heavy (non-hydrogen) atoms. The van der Waals surface area contributed by atoms with Crippen LogP contribution in [0.5, 0.6) is 11.5 Å². The Labute approximate surface area is 250 Å². The molecule has 0 saturated carbocycles. The summed E-state index contributed by atoms with van der Waals surface area (Å²) in [5, 5.41) is 19.5. The fourth-order valence-corrected chi connectivity index (χ4v) is 5.73. The Balaban J connectivity index is 1.49. The van der Waals surface area contributed by atoms with Crippen LogP contribution >= 0.6 is 0 Å². The molecule has 4 nitrogen and oxygen atoms in total. The van der Waals surface area contributed by atoms with E-state index in [0.29, 0.717) is 19.4 Å². The highest BCUT2D eigenvalue weighted by molar-refractivity contribution is 5.69. The predicted octanol–water partition coefficient (Wildman–Crippen LogP) is 10.8. The van der Waals surface area contributed by atoms with Gasteiger partial charge in [-0.05, 0) is 48.2 Å². The first-order valence-electron chi connectivity index (χ1n) is 16.7. The largest absolute Gasteiger partial charge is 0.508 e. The van der Waals surface area contributed by atoms with Crippen molar-refractivity contribution in [1.29, 1.82) is 0 Å². The first-order valence-corrected chi connectivity index (χ1v) is 16.7. The van der Waals surface area contributed by atoms with Crippen LogP contribution in [0.1, 0.15) is 153 Å². The van der Waals surface area contributed by atoms with Gasteiger partial charge in [-0.15, -0.1) is 0 Å². The van der Waals surface area contributed by atoms with Crippen LogP contribution in [-0.2, 0) is 14.9 Å². The Hall–Kier alpha value is -2.49. The summed E-state index contributed by atoms with van der Waals surface area (Å²) in [5.41, 5.74) is 1.59. The molecule has 0 bridgehead atoms. The lowest BCUT2D eigenvalue weighted by molar-refractivity contribution is -0.144. The zero-order chi connectivity index (χ0) is 29.6. The van der Waals surface area contributed by atoms with Crippen LogP contribution in [0.2, 0.25) is 0 Å². The van der Waals surface area contributed by atoms with Gasteiger partial charge in [0, 0.05) is 11.8 Å². The van der Waals surface area contributed by atoms with Gasteiger partial charge >= 0.3 is 5.97 Å². The molecule has 0 unspecified atom stereocenters. The third-order valence-electron chi connectivity index (χ3n) is 8.60. The minimum Gasteiger partial charge on any atom is -0.508 e. The van der Waals surface area contributed by atoms with Gasteiger partial charge in [-0.3, -0.25) is 4.79 Å². The number of carbonyl (C=O) groups excluding carboxylic acids is 1. The molecule has 0 fully saturated rings. The van der Waals surface area contributed by atoms with Gasteiger partial charge in [-0.25, -0.2) is 0 Å². The maximum absolute atomic E-state index is 12.5. The summed E-state index contributed by atoms with van der Waals surface area (Å²) in [7, 11) is 0. The van der Waals surface area contributed by atoms with E-state index in [4.69, 9.17) is 4.74 Å². The molecular formula is C37H58O4. The maximum atomic E-state index is 12.5. The minimum atomic E-state index is -0.437. The molecular weight excluding hydrogens is 508 g/mol. The number of hydrogen-bond donors (Lipinski definition) is 2. The lowest BCUT2D eigenvalue weighted by atomic mass is 9.73. The van der Waals surface area contributed by atoms with Crippen molar-refractivity contribution in [2.45, 2.75) is 148 Å². The highest BCUT2D eigenvalue weighted by Crippen LogP contribution is 2.37. The van der Waals surface area contributed by atoms with E-state index < -0.39 is 5.41 Å². The molecule has 4 heteroatoms. The number of phenolic OH excluding ortho intramolecular Hbond substituents is 2. The van der Waals surface area contributed by atoms with Crippen molar-refractivity contribution in [3.05, 3.63) is 59.7 Å². The van der Waals surface area contributed by atoms with E-state index in [-0.39, 0.29) is 17.5 Å². The van der Waals surface area contributed by atoms with E-state index in [1.165, 1.54) is 103 Å². The van der Waals surface area contributed by atoms with Gasteiger partial charge in [-0.2, -0.15) is 0 Å². The summed E-state index contributed by atoms with van der Waals surface area (Å²) in [4.78, 5) is 12.5. The zero-order valence-electron chi connectivity index (χ0n) is 26.2. The number of hydrogen-bond acceptors (Lipinski definition) is 4. The molecule has 2 aromatic rings. The first-order chi connectivity index (χ1) is 20.0. The van der Waals surface area contributed by atoms with Crippen molar-refractivity contribution in [2.75, 3.05) is 6.61 Å². The van der Waals surface area contributed by atoms with Crippen molar-refractivity contribution >= 4 is 5.97 Å². The second-order valence-electron chi connectivity index (χ2n) is 12.2. The number of benzene rings is 2. The number of aromatic hydroxyl groups is 2. The summed E-state index contributed by atoms with van der Waals surface area (Å²) in [6.07, 6.45) is 25.1. The fourth-order valence-electron chi connectivity index (χ4n) is 5.73. The summed E-state index contributed by atoms with van der Waals surface area (Å²) in [6.45, 7) is 4.87. The number of esters is 1. The Morgan fingerprint density at radius 3 is 1.29 bits per heavy atom. The van der Waals surface area contributed by atoms with E-state index in [0.717, 1.165) is 24.0 Å². The Morgan fingerprint density at radius 2 is 0.927 bits per heavy atom. The summed E-state index contributed by atoms with van der Waals surface area (Å²) < 4.78 is 5.56. The van der Waals surface area contributed by atoms with Crippen LogP contribution in [-0.4, -0.2) is 22.8 Å². The molecule has 0 heterocycles. The second-order valence-corrected chi connectivity index (χ2v) is 12.2. The summed E-state index contributed by atoms with van der Waals surface area (Å²) in [5.74, 6) is 0.261. The van der Waals surface area contributed by atoms with Crippen molar-refractivity contribution in [3.63, 3.8) is 0 Å². The van der Waals surface area contributed by atoms with Crippen molar-refractivity contribution in [2.24, 2.45) is 0 Å². The number of phenols is 2. The number of rotatable bonds is 24. The van der Waals surface area contributed by atoms with Crippen LogP contribution in [0.3, 0.4) is 0 Å². The van der Waals surface area contributed by atoms with Crippen LogP contribution in [0.15, 0.2) is 48.5 Å². The Morgan fingerprint density at radius 1 is 0.585 bits per heavy atom. The zero-order valence-corrected chi connectivity index (χ0v) is 26.2. The molecule has 0 atom stereocenters. The van der Waals surface area contributed by atoms with Gasteiger partial charge in [0.2, 0.25) is 0 Å². The third kappa shape index (κ3) is 14.8. The maximum Gasteiger partial charge on any atom is 0.305 e. The smallest absolute Gasteiger partial charge is 0.305 e. The average Bonchev–Trinajstić information content (AvgIpc) is 2.97. The Kier molecular flexibility index (Phi) is 18.0. The Bertz CT molecular complexity index is 873. The first kappa shape index (κ1) is 34.7. The molecule has 0 radical (unpaired) electrons. The molecule has 0 amide bonds. The van der Waals surface area contributed by atoms with Gasteiger partial charge in [0.15, 0.2) is 0 Å². The molecule has 0 saturated heterocycles. The fraction of sp³-hybridized carbons (Fsp3) is 0.649. The monoisotopic (exact) mass is 566 g/mol. The number of carbonyl (C=O) groups is 1. The van der Waals surface area contributed by atoms with E-state index in [1.54, 1.807) is 24.3 Å². The summed E-state index contributed by atoms with van der Waals surface area (Å²) in [6, 6.07) is 14.3. The standard InChI is InChI=1S/C37H58O4/c1-3-4-5-6-7-8-9-10-11-12-13-14-15-16-17-18-19-20-31-41-36(40)29-30-37(2,32-21-25-34(38)26-22-32)33-23-27-35(39)28-24-33/h21-28,38-39H,3-20,29-31H2,1-2H3. The molecule has 0 aliphatic heterocycles. The van der Waals surface area contributed by atoms with Gasteiger partial charge in [0.05, 0.1) is 6.61 Å². The van der Waals surface area contributed by atoms with Crippen molar-refractivity contribution in [3.8, 4) is 11.5 Å². The molecule has 0 spiro atoms. The quantitative estimate of drug-likeness (QED) is 0.0979. The molecule has 0 aliphatic carbocycles. The van der Waals surface area contributed by atoms with Gasteiger partial charge in [0.25, 0.3) is 0 Å². The van der Waals surface area contributed by atoms with Crippen LogP contribution < -0.4 is 0 Å². The topological polar surface area (TPSA) is 66.8 Å². The molecule has 0 aliphatic rings. The van der Waals surface area contributed by atoms with Crippen molar-refractivity contribution in [1.82, 2.24) is 0 Å². The van der Waals surface area contributed by atoms with Crippen LogP contribution in [0.4, 0.5) is 0 Å². The SMILES string of the molecule is CCCCCCCCCCCCCCCCCCCCOC(=O)CCC(C)(c1ccc(O)cc1)c1ccc(O)cc1. The minimum absolute atomic E-state index is 0.166. The molecule has 0 aromatic heterocycles. The summed E-state index contributed by atoms with van der Waals surface area (Å²) >= 11 is 0. The third-order valence-corrected chi connectivity index (χ3v) is 8.60. The van der Waals surface area contributed by atoms with Crippen LogP contribution in [0.25, 0.3) is 0 Å². The van der Waals surface area contributed by atoms with Crippen LogP contribution in [0, 0.1) is 0 Å². The molecule has 2 aromatic carbocycles. The van der Waals surface area contributed by atoms with E-state index in [2.05, 4.69) is 13.8 Å². The highest BCUT2D eigenvalue weighted by Gasteiger charge is 2.30. The van der Waals surface area contributed by atoms with E-state index in [9.17, 15) is 15.0 Å². The lowest BCUT2D eigenvalue weighted by Gasteiger charge is -2.31. The second kappa shape index (κ2) is 21.2. The normalized spacial score (nSPS) is 11.6. The molecule has 2 rings (SSSR count). The molecule has 2 N–H and O–H groups in total. The van der Waals surface area contributed by atoms with E-state index in [1.807, 2.05) is 24.3 Å². The predicted molar refractivity (Wildman–Crippen MR) is 172 cm³/mol. The number of ether oxygens (including phenoxy) is 1. The lowest BCUT2D eigenvalue weighted by Crippen LogP contribution is -2.25.